The van der Waals surface area contributed by atoms with Crippen LogP contribution in [-0.2, 0) is 39.9 Å². The quantitative estimate of drug-likeness (QED) is 0.362. The Hall–Kier alpha value is -4.26. The molecule has 2 aliphatic heterocycles. The minimum absolute atomic E-state index is 0.0354. The number of hydrogen-bond donors (Lipinski definition) is 2. The fourth-order valence-electron chi connectivity index (χ4n) is 8.54. The summed E-state index contributed by atoms with van der Waals surface area (Å²) in [6.07, 6.45) is 3.78. The molecule has 1 saturated carbocycles. The SMILES string of the molecule is CCC(C)C1C(=O)C2CCC[C@@H]2C(=O)O[C@H](C(C)(C)C)C[C@@H](C)C[C@H](O)[C@H](C)C2=N[C@@H](/C=C(\C)C(=O)N[C@@H](Cc3ccc(OC)cc3)C(=O)N(C)[C@@H](C)C(=O)N1C)CO2. The van der Waals surface area contributed by atoms with Crippen LogP contribution in [0.4, 0.5) is 0 Å². The van der Waals surface area contributed by atoms with E-state index in [0.29, 0.717) is 55.7 Å². The number of esters is 1. The van der Waals surface area contributed by atoms with Crippen LogP contribution in [-0.4, -0.2) is 114 Å². The van der Waals surface area contributed by atoms with E-state index in [-0.39, 0.29) is 30.6 Å². The van der Waals surface area contributed by atoms with Gasteiger partial charge in [0.2, 0.25) is 17.7 Å². The van der Waals surface area contributed by atoms with Gasteiger partial charge in [0.15, 0.2) is 11.7 Å². The number of ketones is 1. The number of carbonyl (C=O) groups is 5. The van der Waals surface area contributed by atoms with Crippen molar-refractivity contribution in [3.63, 3.8) is 0 Å². The van der Waals surface area contributed by atoms with Crippen molar-refractivity contribution in [2.45, 2.75) is 144 Å². The summed E-state index contributed by atoms with van der Waals surface area (Å²) < 4.78 is 17.6. The van der Waals surface area contributed by atoms with Crippen molar-refractivity contribution in [3.8, 4) is 5.75 Å². The van der Waals surface area contributed by atoms with Gasteiger partial charge >= 0.3 is 5.97 Å². The molecule has 0 saturated heterocycles. The molecule has 13 nitrogen and oxygen atoms in total. The van der Waals surface area contributed by atoms with Crippen LogP contribution in [0.2, 0.25) is 0 Å². The summed E-state index contributed by atoms with van der Waals surface area (Å²) in [6.45, 7) is 17.3. The van der Waals surface area contributed by atoms with E-state index in [2.05, 4.69) is 5.32 Å². The molecule has 328 valence electrons. The van der Waals surface area contributed by atoms with Gasteiger partial charge in [0, 0.05) is 32.0 Å². The molecule has 11 atom stereocenters. The normalized spacial score (nSPS) is 32.7. The van der Waals surface area contributed by atoms with E-state index in [1.54, 1.807) is 46.2 Å². The summed E-state index contributed by atoms with van der Waals surface area (Å²) in [7, 11) is 4.68. The Labute approximate surface area is 351 Å². The van der Waals surface area contributed by atoms with Gasteiger partial charge in [-0.05, 0) is 80.6 Å². The van der Waals surface area contributed by atoms with Gasteiger partial charge in [-0.15, -0.1) is 0 Å². The van der Waals surface area contributed by atoms with Gasteiger partial charge in [0.25, 0.3) is 0 Å². The van der Waals surface area contributed by atoms with Crippen LogP contribution >= 0.6 is 0 Å². The molecule has 1 aromatic rings. The highest BCUT2D eigenvalue weighted by Gasteiger charge is 2.46. The highest BCUT2D eigenvalue weighted by molar-refractivity contribution is 5.99. The molecule has 0 spiro atoms. The van der Waals surface area contributed by atoms with Crippen LogP contribution in [0.1, 0.15) is 106 Å². The van der Waals surface area contributed by atoms with Crippen molar-refractivity contribution < 1.29 is 43.3 Å². The predicted octanol–water partition coefficient (Wildman–Crippen LogP) is 5.56. The summed E-state index contributed by atoms with van der Waals surface area (Å²) in [5.41, 5.74) is 0.683. The van der Waals surface area contributed by atoms with Crippen LogP contribution < -0.4 is 10.1 Å². The molecule has 1 aliphatic carbocycles. The van der Waals surface area contributed by atoms with Crippen molar-refractivity contribution in [2.75, 3.05) is 27.8 Å². The molecule has 2 heterocycles. The number of ether oxygens (including phenoxy) is 3. The molecular weight excluding hydrogens is 753 g/mol. The molecule has 59 heavy (non-hydrogen) atoms. The Morgan fingerprint density at radius 2 is 1.61 bits per heavy atom. The third kappa shape index (κ3) is 11.7. The fourth-order valence-corrected chi connectivity index (χ4v) is 8.54. The number of likely N-dealkylation sites (N-methyl/N-ethyl adjacent to an activating group) is 2. The maximum absolute atomic E-state index is 14.6. The Kier molecular flexibility index (Phi) is 16.3. The van der Waals surface area contributed by atoms with E-state index in [9.17, 15) is 29.1 Å². The van der Waals surface area contributed by atoms with Crippen LogP contribution in [0.3, 0.4) is 0 Å². The molecule has 3 amide bonds. The number of rotatable bonds is 5. The molecule has 0 aromatic heterocycles. The number of amides is 3. The second kappa shape index (κ2) is 20.3. The number of aliphatic imine (C=N–C) groups is 1. The highest BCUT2D eigenvalue weighted by atomic mass is 16.5. The van der Waals surface area contributed by atoms with Crippen molar-refractivity contribution in [3.05, 3.63) is 41.5 Å². The Morgan fingerprint density at radius 3 is 2.22 bits per heavy atom. The number of fused-ring (bicyclic) bond motifs is 2. The fraction of sp³-hybridized carbons (Fsp3) is 0.696. The number of nitrogens with one attached hydrogen (secondary N) is 1. The number of carbonyl (C=O) groups excluding carboxylic acids is 5. The Morgan fingerprint density at radius 1 is 0.966 bits per heavy atom. The molecule has 2 N–H and O–H groups in total. The van der Waals surface area contributed by atoms with Crippen molar-refractivity contribution in [2.24, 2.45) is 40.0 Å². The monoisotopic (exact) mass is 823 g/mol. The summed E-state index contributed by atoms with van der Waals surface area (Å²) in [4.78, 5) is 78.7. The maximum atomic E-state index is 14.6. The van der Waals surface area contributed by atoms with Crippen LogP contribution in [0, 0.1) is 35.0 Å². The average Bonchev–Trinajstić information content (AvgIpc) is 3.89. The number of nitrogens with zero attached hydrogens (tertiary/aromatic N) is 3. The largest absolute Gasteiger partial charge is 0.497 e. The minimum atomic E-state index is -1.05. The minimum Gasteiger partial charge on any atom is -0.497 e. The lowest BCUT2D eigenvalue weighted by atomic mass is 9.80. The Bertz CT molecular complexity index is 1720. The van der Waals surface area contributed by atoms with Crippen LogP contribution in [0.5, 0.6) is 5.75 Å². The van der Waals surface area contributed by atoms with Crippen LogP contribution in [0.25, 0.3) is 0 Å². The second-order valence-electron chi connectivity index (χ2n) is 18.4. The molecular formula is C46H70N4O9. The summed E-state index contributed by atoms with van der Waals surface area (Å²) in [5.74, 6) is -2.90. The highest BCUT2D eigenvalue weighted by Crippen LogP contribution is 2.39. The molecule has 1 aromatic carbocycles. The van der Waals surface area contributed by atoms with Gasteiger partial charge in [-0.25, -0.2) is 4.99 Å². The lowest BCUT2D eigenvalue weighted by Crippen LogP contribution is -2.57. The first-order chi connectivity index (χ1) is 27.7. The van der Waals surface area contributed by atoms with Gasteiger partial charge in [-0.1, -0.05) is 73.4 Å². The number of Topliss-reactive ketones (excluding diaryl/α,β-unsaturated/α-hetero) is 1. The van der Waals surface area contributed by atoms with Gasteiger partial charge in [-0.2, -0.15) is 0 Å². The third-order valence-corrected chi connectivity index (χ3v) is 12.9. The number of cyclic esters (lactones) is 1. The van der Waals surface area contributed by atoms with Crippen molar-refractivity contribution in [1.82, 2.24) is 15.1 Å². The summed E-state index contributed by atoms with van der Waals surface area (Å²) in [6, 6.07) is 3.83. The van der Waals surface area contributed by atoms with Gasteiger partial charge in [0.05, 0.1) is 31.1 Å². The second-order valence-corrected chi connectivity index (χ2v) is 18.4. The smallest absolute Gasteiger partial charge is 0.309 e. The predicted molar refractivity (Wildman–Crippen MR) is 227 cm³/mol. The van der Waals surface area contributed by atoms with Crippen molar-refractivity contribution in [1.29, 1.82) is 0 Å². The molecule has 0 radical (unpaired) electrons. The number of aliphatic hydroxyl groups excluding tert-OH is 1. The number of hydrogen-bond acceptors (Lipinski definition) is 10. The molecule has 2 bridgehead atoms. The summed E-state index contributed by atoms with van der Waals surface area (Å²) in [5, 5.41) is 14.3. The maximum Gasteiger partial charge on any atom is 0.309 e. The standard InChI is InChI=1S/C46H70N4O9/c1-13-27(3)39-40(52)34-15-14-16-35(34)45(56)59-38(46(7,8)9)22-26(2)21-37(51)29(5)42-47-32(25-58-42)23-28(4)41(53)48-36(24-31-17-19-33(57-12)20-18-31)44(55)49(10)30(6)43(54)50(39)11/h17-20,23,26-27,29-30,32,34-39,51H,13-16,21-22,24-25H2,1-12H3,(H,48,53)/b28-23+/t26-,27?,29-,30-,32-,34?,35-,36-,37-,38-,39?/m0/s1. The number of aliphatic hydroxyl groups is 1. The van der Waals surface area contributed by atoms with Crippen LogP contribution in [0.15, 0.2) is 40.9 Å². The molecule has 1 fully saturated rings. The zero-order chi connectivity index (χ0) is 43.9. The molecule has 3 aliphatic rings. The Balaban J connectivity index is 1.74. The van der Waals surface area contributed by atoms with E-state index in [1.807, 2.05) is 60.6 Å². The first kappa shape index (κ1) is 47.4. The topological polar surface area (TPSA) is 164 Å². The molecule has 3 unspecified atom stereocenters. The van der Waals surface area contributed by atoms with E-state index in [0.717, 1.165) is 5.56 Å². The van der Waals surface area contributed by atoms with Gasteiger partial charge in [0.1, 0.15) is 36.6 Å². The third-order valence-electron chi connectivity index (χ3n) is 12.9. The summed E-state index contributed by atoms with van der Waals surface area (Å²) >= 11 is 0. The molecule has 13 heteroatoms. The average molecular weight is 823 g/mol. The number of benzene rings is 1. The zero-order valence-corrected chi connectivity index (χ0v) is 37.4. The van der Waals surface area contributed by atoms with E-state index >= 15 is 0 Å². The number of methoxy groups -OCH3 is 1. The van der Waals surface area contributed by atoms with Gasteiger partial charge < -0.3 is 34.4 Å². The lowest BCUT2D eigenvalue weighted by molar-refractivity contribution is -0.164. The zero-order valence-electron chi connectivity index (χ0n) is 37.4. The van der Waals surface area contributed by atoms with Crippen molar-refractivity contribution >= 4 is 35.4 Å². The van der Waals surface area contributed by atoms with E-state index < -0.39 is 83.2 Å². The first-order valence-corrected chi connectivity index (χ1v) is 21.5. The van der Waals surface area contributed by atoms with E-state index in [4.69, 9.17) is 19.2 Å². The first-order valence-electron chi connectivity index (χ1n) is 21.5. The lowest BCUT2D eigenvalue weighted by Gasteiger charge is -2.38. The van der Waals surface area contributed by atoms with E-state index in [1.165, 1.54) is 16.8 Å². The molecule has 4 rings (SSSR count). The van der Waals surface area contributed by atoms with Gasteiger partial charge in [-0.3, -0.25) is 24.0 Å².